The molecule has 0 amide bonds. The van der Waals surface area contributed by atoms with Gasteiger partial charge in [-0.2, -0.15) is 0 Å². The zero-order chi connectivity index (χ0) is 13.8. The van der Waals surface area contributed by atoms with E-state index in [9.17, 15) is 8.78 Å². The number of nitrogens with one attached hydrogen (secondary N) is 1. The van der Waals surface area contributed by atoms with E-state index >= 15 is 0 Å². The quantitative estimate of drug-likeness (QED) is 0.470. The Labute approximate surface area is 125 Å². The lowest BCUT2D eigenvalue weighted by Crippen LogP contribution is -2.36. The summed E-state index contributed by atoms with van der Waals surface area (Å²) >= 11 is 9.38. The number of hydrogen-bond acceptors (Lipinski definition) is 1. The van der Waals surface area contributed by atoms with Crippen molar-refractivity contribution in [1.29, 1.82) is 0 Å². The lowest BCUT2D eigenvalue weighted by molar-refractivity contribution is 0.446. The number of rotatable bonds is 3. The molecule has 106 valence electrons. The molecule has 0 aromatic heterocycles. The van der Waals surface area contributed by atoms with Crippen LogP contribution in [-0.4, -0.2) is 11.4 Å². The Bertz CT molecular complexity index is 442. The van der Waals surface area contributed by atoms with Gasteiger partial charge in [-0.25, -0.2) is 8.78 Å². The molecular weight excluding hydrogens is 336 g/mol. The van der Waals surface area contributed by atoms with E-state index in [4.69, 9.17) is 11.6 Å². The Morgan fingerprint density at radius 3 is 2.74 bits per heavy atom. The molecule has 1 aliphatic carbocycles. The summed E-state index contributed by atoms with van der Waals surface area (Å²) in [6, 6.07) is 2.78. The summed E-state index contributed by atoms with van der Waals surface area (Å²) in [5.41, 5.74) is 0.0717. The molecule has 0 aliphatic heterocycles. The van der Waals surface area contributed by atoms with Gasteiger partial charge in [0.1, 0.15) is 11.6 Å². The molecule has 1 aliphatic rings. The normalized spacial score (nSPS) is 24.2. The predicted molar refractivity (Wildman–Crippen MR) is 77.4 cm³/mol. The number of benzene rings is 1. The van der Waals surface area contributed by atoms with E-state index in [0.29, 0.717) is 0 Å². The molecule has 1 saturated carbocycles. The average Bonchev–Trinajstić information content (AvgIpc) is 2.59. The Morgan fingerprint density at radius 2 is 1.95 bits per heavy atom. The SMILES string of the molecule is Fc1ccc(Br)c(F)c1CNC1CCCCCC1Cl. The van der Waals surface area contributed by atoms with Crippen LogP contribution in [0.25, 0.3) is 0 Å². The van der Waals surface area contributed by atoms with Gasteiger partial charge in [-0.15, -0.1) is 11.6 Å². The van der Waals surface area contributed by atoms with Crippen LogP contribution in [0.3, 0.4) is 0 Å². The predicted octanol–water partition coefficient (Wildman–Crippen LogP) is 4.76. The van der Waals surface area contributed by atoms with Crippen molar-refractivity contribution in [3.05, 3.63) is 33.8 Å². The van der Waals surface area contributed by atoms with Crippen LogP contribution in [0, 0.1) is 11.6 Å². The first-order chi connectivity index (χ1) is 9.09. The largest absolute Gasteiger partial charge is 0.308 e. The van der Waals surface area contributed by atoms with Crippen LogP contribution in [0.2, 0.25) is 0 Å². The lowest BCUT2D eigenvalue weighted by atomic mass is 10.1. The van der Waals surface area contributed by atoms with Gasteiger partial charge in [0, 0.05) is 23.5 Å². The van der Waals surface area contributed by atoms with E-state index in [2.05, 4.69) is 21.2 Å². The molecule has 19 heavy (non-hydrogen) atoms. The van der Waals surface area contributed by atoms with Crippen LogP contribution in [0.5, 0.6) is 0 Å². The molecule has 0 spiro atoms. The second-order valence-corrected chi connectivity index (χ2v) is 6.38. The Kier molecular flexibility index (Phi) is 5.60. The minimum absolute atomic E-state index is 0.0424. The van der Waals surface area contributed by atoms with Crippen LogP contribution >= 0.6 is 27.5 Å². The van der Waals surface area contributed by atoms with Gasteiger partial charge in [-0.3, -0.25) is 0 Å². The third kappa shape index (κ3) is 3.89. The summed E-state index contributed by atoms with van der Waals surface area (Å²) in [5, 5.41) is 3.25. The summed E-state index contributed by atoms with van der Waals surface area (Å²) in [7, 11) is 0. The molecule has 0 radical (unpaired) electrons. The van der Waals surface area contributed by atoms with E-state index in [1.54, 1.807) is 0 Å². The average molecular weight is 353 g/mol. The molecule has 5 heteroatoms. The third-order valence-corrected chi connectivity index (χ3v) is 4.75. The van der Waals surface area contributed by atoms with E-state index in [-0.39, 0.29) is 28.0 Å². The van der Waals surface area contributed by atoms with Crippen LogP contribution in [0.4, 0.5) is 8.78 Å². The van der Waals surface area contributed by atoms with Crippen LogP contribution < -0.4 is 5.32 Å². The smallest absolute Gasteiger partial charge is 0.144 e. The number of halogens is 4. The highest BCUT2D eigenvalue weighted by Gasteiger charge is 2.22. The first kappa shape index (κ1) is 15.2. The van der Waals surface area contributed by atoms with Crippen molar-refractivity contribution in [3.63, 3.8) is 0 Å². The molecule has 1 aromatic rings. The summed E-state index contributed by atoms with van der Waals surface area (Å²) < 4.78 is 27.7. The van der Waals surface area contributed by atoms with Crippen molar-refractivity contribution in [2.45, 2.75) is 50.1 Å². The summed E-state index contributed by atoms with van der Waals surface area (Å²) in [4.78, 5) is 0. The lowest BCUT2D eigenvalue weighted by Gasteiger charge is -2.21. The minimum Gasteiger partial charge on any atom is -0.308 e. The first-order valence-corrected chi connectivity index (χ1v) is 7.82. The first-order valence-electron chi connectivity index (χ1n) is 6.59. The molecule has 2 atom stereocenters. The highest BCUT2D eigenvalue weighted by atomic mass is 79.9. The second kappa shape index (κ2) is 7.00. The molecular formula is C14H17BrClF2N. The standard InChI is InChI=1S/C14H17BrClF2N/c15-10-6-7-12(17)9(14(10)18)8-19-13-5-3-1-2-4-11(13)16/h6-7,11,13,19H,1-5,8H2. The number of hydrogen-bond donors (Lipinski definition) is 1. The molecule has 0 bridgehead atoms. The van der Waals surface area contributed by atoms with Crippen molar-refractivity contribution in [1.82, 2.24) is 5.32 Å². The van der Waals surface area contributed by atoms with Crippen molar-refractivity contribution in [2.75, 3.05) is 0 Å². The molecule has 2 unspecified atom stereocenters. The Balaban J connectivity index is 2.03. The summed E-state index contributed by atoms with van der Waals surface area (Å²) in [6.07, 6.45) is 5.35. The highest BCUT2D eigenvalue weighted by Crippen LogP contribution is 2.25. The van der Waals surface area contributed by atoms with Gasteiger partial charge in [-0.05, 0) is 40.9 Å². The zero-order valence-corrected chi connectivity index (χ0v) is 12.9. The molecule has 0 heterocycles. The van der Waals surface area contributed by atoms with Gasteiger partial charge in [0.05, 0.1) is 4.47 Å². The fourth-order valence-electron chi connectivity index (χ4n) is 2.46. The van der Waals surface area contributed by atoms with E-state index < -0.39 is 11.6 Å². The topological polar surface area (TPSA) is 12.0 Å². The second-order valence-electron chi connectivity index (χ2n) is 4.96. The zero-order valence-electron chi connectivity index (χ0n) is 10.6. The van der Waals surface area contributed by atoms with Crippen LogP contribution in [0.1, 0.15) is 37.7 Å². The Hall–Kier alpha value is -0.190. The molecule has 2 rings (SSSR count). The van der Waals surface area contributed by atoms with Crippen molar-refractivity contribution < 1.29 is 8.78 Å². The van der Waals surface area contributed by atoms with E-state index in [1.807, 2.05) is 0 Å². The summed E-state index contributed by atoms with van der Waals surface area (Å²) in [5.74, 6) is -1.06. The number of alkyl halides is 1. The summed E-state index contributed by atoms with van der Waals surface area (Å²) in [6.45, 7) is 0.172. The molecule has 0 saturated heterocycles. The molecule has 1 N–H and O–H groups in total. The third-order valence-electron chi connectivity index (χ3n) is 3.61. The van der Waals surface area contributed by atoms with Crippen molar-refractivity contribution >= 4 is 27.5 Å². The van der Waals surface area contributed by atoms with Gasteiger partial charge in [0.2, 0.25) is 0 Å². The maximum atomic E-state index is 13.8. The van der Waals surface area contributed by atoms with E-state index in [0.717, 1.165) is 25.7 Å². The van der Waals surface area contributed by atoms with Crippen LogP contribution in [-0.2, 0) is 6.54 Å². The fraction of sp³-hybridized carbons (Fsp3) is 0.571. The Morgan fingerprint density at radius 1 is 1.21 bits per heavy atom. The maximum absolute atomic E-state index is 13.8. The van der Waals surface area contributed by atoms with Gasteiger partial charge < -0.3 is 5.32 Å². The van der Waals surface area contributed by atoms with Crippen molar-refractivity contribution in [2.24, 2.45) is 0 Å². The van der Waals surface area contributed by atoms with Gasteiger partial charge in [-0.1, -0.05) is 19.3 Å². The monoisotopic (exact) mass is 351 g/mol. The molecule has 1 aromatic carbocycles. The van der Waals surface area contributed by atoms with Gasteiger partial charge in [0.25, 0.3) is 0 Å². The van der Waals surface area contributed by atoms with Crippen LogP contribution in [0.15, 0.2) is 16.6 Å². The highest BCUT2D eigenvalue weighted by molar-refractivity contribution is 9.10. The maximum Gasteiger partial charge on any atom is 0.144 e. The van der Waals surface area contributed by atoms with Gasteiger partial charge >= 0.3 is 0 Å². The van der Waals surface area contributed by atoms with Gasteiger partial charge in [0.15, 0.2) is 0 Å². The minimum atomic E-state index is -0.535. The fourth-order valence-corrected chi connectivity index (χ4v) is 3.20. The molecule has 1 fully saturated rings. The van der Waals surface area contributed by atoms with Crippen molar-refractivity contribution in [3.8, 4) is 0 Å². The molecule has 1 nitrogen and oxygen atoms in total. The van der Waals surface area contributed by atoms with E-state index in [1.165, 1.54) is 18.6 Å².